The van der Waals surface area contributed by atoms with Gasteiger partial charge in [-0.15, -0.1) is 0 Å². The zero-order chi connectivity index (χ0) is 9.78. The summed E-state index contributed by atoms with van der Waals surface area (Å²) in [5, 5.41) is 0. The lowest BCUT2D eigenvalue weighted by molar-refractivity contribution is -0.187. The van der Waals surface area contributed by atoms with Crippen molar-refractivity contribution in [2.45, 2.75) is 6.11 Å². The summed E-state index contributed by atoms with van der Waals surface area (Å²) < 4.78 is 29.8. The van der Waals surface area contributed by atoms with Crippen molar-refractivity contribution < 1.29 is 13.5 Å². The third-order valence-electron chi connectivity index (χ3n) is 1.12. The summed E-state index contributed by atoms with van der Waals surface area (Å²) in [5.41, 5.74) is -0.327. The van der Waals surface area contributed by atoms with Crippen molar-refractivity contribution in [3.05, 3.63) is 35.4 Å². The lowest BCUT2D eigenvalue weighted by Gasteiger charge is -2.14. The molecule has 0 rings (SSSR count). The number of alkyl halides is 2. The molecule has 0 saturated carbocycles. The first-order valence-corrected chi connectivity index (χ1v) is 3.85. The Bertz CT molecular complexity index is 221. The van der Waals surface area contributed by atoms with Crippen molar-refractivity contribution in [3.63, 3.8) is 0 Å². The van der Waals surface area contributed by atoms with Crippen LogP contribution < -0.4 is 0 Å². The van der Waals surface area contributed by atoms with Crippen LogP contribution in [0.4, 0.5) is 8.78 Å². The van der Waals surface area contributed by atoms with Gasteiger partial charge in [0, 0.05) is 11.6 Å². The monoisotopic (exact) mass is 238 g/mol. The molecule has 1 nitrogen and oxygen atoms in total. The topological polar surface area (TPSA) is 9.23 Å². The molecule has 0 unspecified atom stereocenters. The molecule has 68 valence electrons. The Hall–Kier alpha value is -0.480. The van der Waals surface area contributed by atoms with Crippen LogP contribution >= 0.6 is 15.9 Å². The maximum absolute atomic E-state index is 12.8. The molecule has 0 aliphatic heterocycles. The normalized spacial score (nSPS) is 12.8. The minimum absolute atomic E-state index is 0.327. The second-order valence-electron chi connectivity index (χ2n) is 1.97. The van der Waals surface area contributed by atoms with E-state index in [1.807, 2.05) is 0 Å². The first-order chi connectivity index (χ1) is 5.44. The van der Waals surface area contributed by atoms with Crippen LogP contribution in [0.2, 0.25) is 0 Å². The largest absolute Gasteiger partial charge is 0.383 e. The van der Waals surface area contributed by atoms with Crippen LogP contribution in [0.15, 0.2) is 35.4 Å². The highest BCUT2D eigenvalue weighted by molar-refractivity contribution is 9.11. The molecule has 0 aromatic heterocycles. The van der Waals surface area contributed by atoms with E-state index in [0.29, 0.717) is 4.48 Å². The number of rotatable bonds is 4. The van der Waals surface area contributed by atoms with E-state index in [9.17, 15) is 8.78 Å². The van der Waals surface area contributed by atoms with Gasteiger partial charge in [0.25, 0.3) is 0 Å². The van der Waals surface area contributed by atoms with E-state index in [2.05, 4.69) is 33.8 Å². The van der Waals surface area contributed by atoms with Gasteiger partial charge in [-0.1, -0.05) is 35.2 Å². The van der Waals surface area contributed by atoms with E-state index in [1.165, 1.54) is 0 Å². The Morgan fingerprint density at radius 3 is 2.33 bits per heavy atom. The molecular formula is C8H9BrF2O. The zero-order valence-electron chi connectivity index (χ0n) is 6.61. The van der Waals surface area contributed by atoms with Gasteiger partial charge in [-0.05, 0) is 6.08 Å². The van der Waals surface area contributed by atoms with Crippen molar-refractivity contribution in [1.82, 2.24) is 0 Å². The van der Waals surface area contributed by atoms with E-state index < -0.39 is 6.11 Å². The van der Waals surface area contributed by atoms with E-state index in [4.69, 9.17) is 0 Å². The maximum atomic E-state index is 12.8. The van der Waals surface area contributed by atoms with Crippen LogP contribution in [0.25, 0.3) is 0 Å². The van der Waals surface area contributed by atoms with Gasteiger partial charge in [-0.2, -0.15) is 8.78 Å². The van der Waals surface area contributed by atoms with E-state index >= 15 is 0 Å². The summed E-state index contributed by atoms with van der Waals surface area (Å²) in [5.74, 6) is 0. The van der Waals surface area contributed by atoms with Gasteiger partial charge in [0.05, 0.1) is 5.57 Å². The summed E-state index contributed by atoms with van der Waals surface area (Å²) in [4.78, 5) is 0. The minimum Gasteiger partial charge on any atom is -0.320 e. The number of methoxy groups -OCH3 is 1. The number of halogens is 3. The molecule has 0 amide bonds. The lowest BCUT2D eigenvalue weighted by Crippen LogP contribution is -2.20. The van der Waals surface area contributed by atoms with Crippen molar-refractivity contribution in [1.29, 1.82) is 0 Å². The Morgan fingerprint density at radius 2 is 2.08 bits per heavy atom. The van der Waals surface area contributed by atoms with Gasteiger partial charge < -0.3 is 4.74 Å². The van der Waals surface area contributed by atoms with Crippen molar-refractivity contribution in [2.75, 3.05) is 7.11 Å². The van der Waals surface area contributed by atoms with E-state index in [-0.39, 0.29) is 5.57 Å². The first kappa shape index (κ1) is 11.5. The molecular weight excluding hydrogens is 230 g/mol. The van der Waals surface area contributed by atoms with Gasteiger partial charge >= 0.3 is 6.11 Å². The van der Waals surface area contributed by atoms with Crippen LogP contribution in [-0.4, -0.2) is 13.2 Å². The lowest BCUT2D eigenvalue weighted by atomic mass is 10.2. The SMILES string of the molecule is C=C/C(=C\C(=C)Br)C(F)(F)OC. The Kier molecular flexibility index (Phi) is 4.34. The highest BCUT2D eigenvalue weighted by atomic mass is 79.9. The Labute approximate surface area is 78.5 Å². The summed E-state index contributed by atoms with van der Waals surface area (Å²) in [6.07, 6.45) is -1.13. The average molecular weight is 239 g/mol. The molecule has 0 aromatic carbocycles. The minimum atomic E-state index is -3.31. The molecule has 0 aliphatic carbocycles. The van der Waals surface area contributed by atoms with Crippen LogP contribution in [0.5, 0.6) is 0 Å². The van der Waals surface area contributed by atoms with Gasteiger partial charge in [0.15, 0.2) is 0 Å². The fourth-order valence-electron chi connectivity index (χ4n) is 0.548. The summed E-state index contributed by atoms with van der Waals surface area (Å²) in [7, 11) is 0.925. The van der Waals surface area contributed by atoms with Crippen molar-refractivity contribution in [3.8, 4) is 0 Å². The fourth-order valence-corrected chi connectivity index (χ4v) is 0.795. The van der Waals surface area contributed by atoms with E-state index in [0.717, 1.165) is 19.3 Å². The van der Waals surface area contributed by atoms with Gasteiger partial charge in [0.1, 0.15) is 0 Å². The molecule has 0 bridgehead atoms. The summed E-state index contributed by atoms with van der Waals surface area (Å²) in [6.45, 7) is 6.63. The Morgan fingerprint density at radius 1 is 1.58 bits per heavy atom. The van der Waals surface area contributed by atoms with E-state index in [1.54, 1.807) is 0 Å². The van der Waals surface area contributed by atoms with Gasteiger partial charge in [-0.3, -0.25) is 0 Å². The third kappa shape index (κ3) is 3.28. The van der Waals surface area contributed by atoms with Gasteiger partial charge in [-0.25, -0.2) is 0 Å². The molecule has 4 heteroatoms. The maximum Gasteiger partial charge on any atom is 0.383 e. The molecule has 0 saturated heterocycles. The quantitative estimate of drug-likeness (QED) is 0.684. The number of ether oxygens (including phenoxy) is 1. The second-order valence-corrected chi connectivity index (χ2v) is 2.99. The molecule has 0 N–H and O–H groups in total. The predicted molar refractivity (Wildman–Crippen MR) is 48.3 cm³/mol. The molecule has 0 radical (unpaired) electrons. The molecule has 12 heavy (non-hydrogen) atoms. The van der Waals surface area contributed by atoms with Crippen molar-refractivity contribution in [2.24, 2.45) is 0 Å². The Balaban J connectivity index is 4.78. The highest BCUT2D eigenvalue weighted by Gasteiger charge is 2.31. The zero-order valence-corrected chi connectivity index (χ0v) is 8.20. The van der Waals surface area contributed by atoms with Crippen molar-refractivity contribution >= 4 is 15.9 Å². The molecule has 0 heterocycles. The van der Waals surface area contributed by atoms with Crippen LogP contribution in [0, 0.1) is 0 Å². The van der Waals surface area contributed by atoms with Gasteiger partial charge in [0.2, 0.25) is 0 Å². The van der Waals surface area contributed by atoms with Crippen LogP contribution in [0.1, 0.15) is 0 Å². The highest BCUT2D eigenvalue weighted by Crippen LogP contribution is 2.27. The molecule has 0 aromatic rings. The second kappa shape index (κ2) is 4.52. The standard InChI is InChI=1S/C8H9BrF2O/c1-4-7(5-6(2)9)8(10,11)12-3/h4-5H,1-2H2,3H3/b7-5+. The number of hydrogen-bond acceptors (Lipinski definition) is 1. The summed E-state index contributed by atoms with van der Waals surface area (Å²) >= 11 is 2.93. The fraction of sp³-hybridized carbons (Fsp3) is 0.250. The summed E-state index contributed by atoms with van der Waals surface area (Å²) in [6, 6.07) is 0. The molecule has 0 atom stereocenters. The number of allylic oxidation sites excluding steroid dienone is 2. The van der Waals surface area contributed by atoms with Crippen LogP contribution in [0.3, 0.4) is 0 Å². The smallest absolute Gasteiger partial charge is 0.320 e. The number of hydrogen-bond donors (Lipinski definition) is 0. The molecule has 0 aliphatic rings. The molecule has 0 fully saturated rings. The predicted octanol–water partition coefficient (Wildman–Crippen LogP) is 3.25. The first-order valence-electron chi connectivity index (χ1n) is 3.06. The average Bonchev–Trinajstić information content (AvgIpc) is 1.99. The molecule has 0 spiro atoms. The van der Waals surface area contributed by atoms with Crippen LogP contribution in [-0.2, 0) is 4.74 Å². The third-order valence-corrected chi connectivity index (χ3v) is 1.35.